The van der Waals surface area contributed by atoms with Gasteiger partial charge in [0, 0.05) is 49.2 Å². The molecule has 0 aliphatic carbocycles. The third-order valence-electron chi connectivity index (χ3n) is 7.10. The maximum atomic E-state index is 13.1. The van der Waals surface area contributed by atoms with E-state index in [0.29, 0.717) is 23.1 Å². The Hall–Kier alpha value is -3.18. The second kappa shape index (κ2) is 11.7. The predicted octanol–water partition coefficient (Wildman–Crippen LogP) is 6.40. The van der Waals surface area contributed by atoms with Gasteiger partial charge in [-0.2, -0.15) is 0 Å². The number of nitrogens with zero attached hydrogens (tertiary/aromatic N) is 2. The number of methoxy groups -OCH3 is 1. The number of nitrogens with one attached hydrogen (secondary N) is 1. The van der Waals surface area contributed by atoms with E-state index in [9.17, 15) is 4.79 Å². The van der Waals surface area contributed by atoms with E-state index >= 15 is 0 Å². The first-order valence-electron chi connectivity index (χ1n) is 13.1. The summed E-state index contributed by atoms with van der Waals surface area (Å²) in [6.07, 6.45) is 5.44. The molecule has 1 N–H and O–H groups in total. The molecule has 1 aliphatic rings. The summed E-state index contributed by atoms with van der Waals surface area (Å²) in [5, 5.41) is 3.26. The fourth-order valence-corrected chi connectivity index (χ4v) is 4.81. The molecule has 3 aromatic rings. The predicted molar refractivity (Wildman–Crippen MR) is 147 cm³/mol. The molecular formula is C31H39N3O2. The number of carbonyl (C=O) groups is 1. The standard InChI is InChI=1S/C31H39N3O2/c1-21(2)25-13-23(14-26(15-25)22(3)4)20-34-11-8-29(9-12-34)33-31(35)28-16-27(17-30(18-28)36-5)24-7-6-10-32-19-24/h6-7,10,13-19,21-22,29H,8-9,11-12,20H2,1-5H3,(H,33,35). The zero-order valence-electron chi connectivity index (χ0n) is 22.3. The summed E-state index contributed by atoms with van der Waals surface area (Å²) < 4.78 is 5.47. The normalized spacial score (nSPS) is 14.9. The summed E-state index contributed by atoms with van der Waals surface area (Å²) in [5.41, 5.74) is 6.73. The largest absolute Gasteiger partial charge is 0.497 e. The van der Waals surface area contributed by atoms with Gasteiger partial charge in [0.1, 0.15) is 5.75 Å². The Morgan fingerprint density at radius 1 is 1.00 bits per heavy atom. The summed E-state index contributed by atoms with van der Waals surface area (Å²) >= 11 is 0. The van der Waals surface area contributed by atoms with Crippen LogP contribution in [0.1, 0.15) is 79.4 Å². The smallest absolute Gasteiger partial charge is 0.251 e. The van der Waals surface area contributed by atoms with Crippen molar-refractivity contribution in [3.05, 3.63) is 83.2 Å². The van der Waals surface area contributed by atoms with Crippen molar-refractivity contribution in [3.8, 4) is 16.9 Å². The lowest BCUT2D eigenvalue weighted by Gasteiger charge is -2.32. The van der Waals surface area contributed by atoms with Crippen molar-refractivity contribution >= 4 is 5.91 Å². The molecule has 1 amide bonds. The highest BCUT2D eigenvalue weighted by atomic mass is 16.5. The van der Waals surface area contributed by atoms with E-state index in [-0.39, 0.29) is 11.9 Å². The molecule has 1 aliphatic heterocycles. The molecule has 4 rings (SSSR count). The van der Waals surface area contributed by atoms with Crippen molar-refractivity contribution in [2.75, 3.05) is 20.2 Å². The molecular weight excluding hydrogens is 446 g/mol. The Morgan fingerprint density at radius 3 is 2.28 bits per heavy atom. The first kappa shape index (κ1) is 25.9. The van der Waals surface area contributed by atoms with Crippen LogP contribution in [0.3, 0.4) is 0 Å². The zero-order chi connectivity index (χ0) is 25.7. The van der Waals surface area contributed by atoms with E-state index < -0.39 is 0 Å². The van der Waals surface area contributed by atoms with Crippen LogP contribution < -0.4 is 10.1 Å². The van der Waals surface area contributed by atoms with Crippen LogP contribution in [0.5, 0.6) is 5.75 Å². The molecule has 2 heterocycles. The third-order valence-corrected chi connectivity index (χ3v) is 7.10. The highest BCUT2D eigenvalue weighted by Gasteiger charge is 2.22. The highest BCUT2D eigenvalue weighted by molar-refractivity contribution is 5.96. The highest BCUT2D eigenvalue weighted by Crippen LogP contribution is 2.27. The number of rotatable bonds is 8. The van der Waals surface area contributed by atoms with Gasteiger partial charge in [-0.15, -0.1) is 0 Å². The molecule has 0 spiro atoms. The number of pyridine rings is 1. The molecule has 0 atom stereocenters. The van der Waals surface area contributed by atoms with Gasteiger partial charge in [0.25, 0.3) is 5.91 Å². The van der Waals surface area contributed by atoms with E-state index in [1.54, 1.807) is 25.6 Å². The minimum absolute atomic E-state index is 0.0521. The van der Waals surface area contributed by atoms with Crippen LogP contribution in [0.15, 0.2) is 60.9 Å². The molecule has 36 heavy (non-hydrogen) atoms. The van der Waals surface area contributed by atoms with Crippen LogP contribution in [0.25, 0.3) is 11.1 Å². The van der Waals surface area contributed by atoms with Gasteiger partial charge in [0.15, 0.2) is 0 Å². The van der Waals surface area contributed by atoms with Crippen molar-refractivity contribution in [2.24, 2.45) is 0 Å². The first-order valence-corrected chi connectivity index (χ1v) is 13.1. The monoisotopic (exact) mass is 485 g/mol. The number of carbonyl (C=O) groups excluding carboxylic acids is 1. The van der Waals surface area contributed by atoms with Crippen molar-refractivity contribution in [2.45, 2.75) is 65.0 Å². The minimum atomic E-state index is -0.0521. The minimum Gasteiger partial charge on any atom is -0.497 e. The fourth-order valence-electron chi connectivity index (χ4n) is 4.81. The van der Waals surface area contributed by atoms with Crippen molar-refractivity contribution in [1.82, 2.24) is 15.2 Å². The zero-order valence-corrected chi connectivity index (χ0v) is 22.3. The molecule has 190 valence electrons. The number of likely N-dealkylation sites (tertiary alicyclic amines) is 1. The number of aromatic nitrogens is 1. The lowest BCUT2D eigenvalue weighted by Crippen LogP contribution is -2.44. The van der Waals surface area contributed by atoms with Crippen LogP contribution >= 0.6 is 0 Å². The molecule has 1 aromatic heterocycles. The Kier molecular flexibility index (Phi) is 8.42. The van der Waals surface area contributed by atoms with Crippen molar-refractivity contribution < 1.29 is 9.53 Å². The van der Waals surface area contributed by atoms with E-state index in [1.807, 2.05) is 24.3 Å². The van der Waals surface area contributed by atoms with E-state index in [2.05, 4.69) is 61.1 Å². The molecule has 0 saturated carbocycles. The van der Waals surface area contributed by atoms with Crippen molar-refractivity contribution in [3.63, 3.8) is 0 Å². The van der Waals surface area contributed by atoms with Crippen LogP contribution in [0.2, 0.25) is 0 Å². The molecule has 0 unspecified atom stereocenters. The Bertz CT molecular complexity index is 1140. The second-order valence-electron chi connectivity index (χ2n) is 10.5. The van der Waals surface area contributed by atoms with Crippen LogP contribution in [0.4, 0.5) is 0 Å². The van der Waals surface area contributed by atoms with Crippen molar-refractivity contribution in [1.29, 1.82) is 0 Å². The summed E-state index contributed by atoms with van der Waals surface area (Å²) in [6.45, 7) is 12.0. The Labute approximate surface area is 215 Å². The lowest BCUT2D eigenvalue weighted by atomic mass is 9.92. The van der Waals surface area contributed by atoms with Gasteiger partial charge in [0.05, 0.1) is 7.11 Å². The average molecular weight is 486 g/mol. The van der Waals surface area contributed by atoms with Gasteiger partial charge in [-0.3, -0.25) is 14.7 Å². The molecule has 1 fully saturated rings. The molecule has 0 radical (unpaired) electrons. The topological polar surface area (TPSA) is 54.5 Å². The number of ether oxygens (including phenoxy) is 1. The lowest BCUT2D eigenvalue weighted by molar-refractivity contribution is 0.0908. The summed E-state index contributed by atoms with van der Waals surface area (Å²) in [5.74, 6) is 1.67. The van der Waals surface area contributed by atoms with Gasteiger partial charge in [-0.1, -0.05) is 52.0 Å². The van der Waals surface area contributed by atoms with Gasteiger partial charge in [-0.25, -0.2) is 0 Å². The van der Waals surface area contributed by atoms with Crippen LogP contribution in [0, 0.1) is 0 Å². The van der Waals surface area contributed by atoms with E-state index in [0.717, 1.165) is 43.6 Å². The number of hydrogen-bond acceptors (Lipinski definition) is 4. The SMILES string of the molecule is COc1cc(C(=O)NC2CCN(Cc3cc(C(C)C)cc(C(C)C)c3)CC2)cc(-c2cccnc2)c1. The fraction of sp³-hybridized carbons (Fsp3) is 0.419. The maximum absolute atomic E-state index is 13.1. The van der Waals surface area contributed by atoms with Crippen LogP contribution in [-0.2, 0) is 6.54 Å². The summed E-state index contributed by atoms with van der Waals surface area (Å²) in [7, 11) is 1.63. The first-order chi connectivity index (χ1) is 17.3. The van der Waals surface area contributed by atoms with Gasteiger partial charge in [0.2, 0.25) is 0 Å². The molecule has 5 heteroatoms. The number of hydrogen-bond donors (Lipinski definition) is 1. The Balaban J connectivity index is 1.38. The molecule has 2 aromatic carbocycles. The summed E-state index contributed by atoms with van der Waals surface area (Å²) in [4.78, 5) is 19.9. The Morgan fingerprint density at radius 2 is 1.69 bits per heavy atom. The molecule has 0 bridgehead atoms. The second-order valence-corrected chi connectivity index (χ2v) is 10.5. The number of amides is 1. The number of benzene rings is 2. The average Bonchev–Trinajstić information content (AvgIpc) is 2.89. The van der Waals surface area contributed by atoms with E-state index in [4.69, 9.17) is 4.74 Å². The maximum Gasteiger partial charge on any atom is 0.251 e. The molecule has 1 saturated heterocycles. The summed E-state index contributed by atoms with van der Waals surface area (Å²) in [6, 6.07) is 16.8. The van der Waals surface area contributed by atoms with Gasteiger partial charge >= 0.3 is 0 Å². The third kappa shape index (κ3) is 6.52. The van der Waals surface area contributed by atoms with Gasteiger partial charge < -0.3 is 10.1 Å². The van der Waals surface area contributed by atoms with Crippen LogP contribution in [-0.4, -0.2) is 42.0 Å². The molecule has 5 nitrogen and oxygen atoms in total. The van der Waals surface area contributed by atoms with Gasteiger partial charge in [-0.05, 0) is 71.2 Å². The van der Waals surface area contributed by atoms with E-state index in [1.165, 1.54) is 16.7 Å². The quantitative estimate of drug-likeness (QED) is 0.401. The number of piperidine rings is 1.